The molecule has 2 aromatic rings. The average Bonchev–Trinajstić information content (AvgIpc) is 2.73. The smallest absolute Gasteiger partial charge is 0.257 e. The highest BCUT2D eigenvalue weighted by molar-refractivity contribution is 5.97. The summed E-state index contributed by atoms with van der Waals surface area (Å²) in [5, 5.41) is 0. The van der Waals surface area contributed by atoms with E-state index in [4.69, 9.17) is 9.47 Å². The Hall–Kier alpha value is -2.53. The fourth-order valence-electron chi connectivity index (χ4n) is 3.52. The normalized spacial score (nSPS) is 14.2. The number of para-hydroxylation sites is 1. The zero-order valence-electron chi connectivity index (χ0n) is 17.1. The molecule has 0 spiro atoms. The van der Waals surface area contributed by atoms with Crippen molar-refractivity contribution in [2.45, 2.75) is 20.8 Å². The molecule has 1 fully saturated rings. The van der Waals surface area contributed by atoms with Gasteiger partial charge in [-0.15, -0.1) is 0 Å². The Kier molecular flexibility index (Phi) is 6.93. The maximum absolute atomic E-state index is 13.1. The Labute approximate surface area is 167 Å². The number of benzene rings is 2. The molecule has 1 amide bonds. The number of nitrogens with zero attached hydrogens (tertiary/aromatic N) is 2. The van der Waals surface area contributed by atoms with Crippen LogP contribution < -0.4 is 9.64 Å². The molecule has 0 bridgehead atoms. The molecule has 0 radical (unpaired) electrons. The maximum Gasteiger partial charge on any atom is 0.257 e. The van der Waals surface area contributed by atoms with Gasteiger partial charge in [0.2, 0.25) is 0 Å². The molecule has 150 valence electrons. The Bertz CT molecular complexity index is 798. The minimum Gasteiger partial charge on any atom is -0.490 e. The van der Waals surface area contributed by atoms with Crippen LogP contribution in [0.2, 0.25) is 0 Å². The van der Waals surface area contributed by atoms with Gasteiger partial charge in [-0.25, -0.2) is 0 Å². The van der Waals surface area contributed by atoms with Gasteiger partial charge in [0, 0.05) is 38.5 Å². The summed E-state index contributed by atoms with van der Waals surface area (Å²) < 4.78 is 11.1. The molecule has 5 heteroatoms. The number of carbonyl (C=O) groups excluding carboxylic acids is 1. The highest BCUT2D eigenvalue weighted by Crippen LogP contribution is 2.25. The molecule has 0 aromatic heterocycles. The molecule has 28 heavy (non-hydrogen) atoms. The van der Waals surface area contributed by atoms with Crippen molar-refractivity contribution in [2.24, 2.45) is 0 Å². The first-order chi connectivity index (χ1) is 13.6. The van der Waals surface area contributed by atoms with E-state index >= 15 is 0 Å². The van der Waals surface area contributed by atoms with Crippen molar-refractivity contribution in [1.29, 1.82) is 0 Å². The van der Waals surface area contributed by atoms with Crippen LogP contribution in [0, 0.1) is 13.8 Å². The highest BCUT2D eigenvalue weighted by Gasteiger charge is 2.25. The summed E-state index contributed by atoms with van der Waals surface area (Å²) in [5.74, 6) is 0.664. The van der Waals surface area contributed by atoms with E-state index in [0.29, 0.717) is 44.2 Å². The standard InChI is InChI=1S/C23H30N2O3/c1-4-27-16-17-28-22-11-6-5-9-20(22)23(26)25-14-12-24(13-15-25)21-10-7-8-18(2)19(21)3/h5-11H,4,12-17H2,1-3H3. The van der Waals surface area contributed by atoms with Gasteiger partial charge in [0.1, 0.15) is 12.4 Å². The molecule has 3 rings (SSSR count). The first-order valence-corrected chi connectivity index (χ1v) is 10.0. The van der Waals surface area contributed by atoms with E-state index in [0.717, 1.165) is 13.1 Å². The second kappa shape index (κ2) is 9.60. The van der Waals surface area contributed by atoms with Gasteiger partial charge in [-0.1, -0.05) is 24.3 Å². The van der Waals surface area contributed by atoms with Crippen LogP contribution in [0.1, 0.15) is 28.4 Å². The molecule has 1 aliphatic heterocycles. The summed E-state index contributed by atoms with van der Waals surface area (Å²) in [6.45, 7) is 11.0. The second-order valence-corrected chi connectivity index (χ2v) is 7.04. The zero-order valence-corrected chi connectivity index (χ0v) is 17.1. The van der Waals surface area contributed by atoms with E-state index in [2.05, 4.69) is 36.9 Å². The molecule has 5 nitrogen and oxygen atoms in total. The molecule has 0 unspecified atom stereocenters. The van der Waals surface area contributed by atoms with E-state index < -0.39 is 0 Å². The van der Waals surface area contributed by atoms with Crippen LogP contribution in [0.25, 0.3) is 0 Å². The van der Waals surface area contributed by atoms with Gasteiger partial charge in [-0.3, -0.25) is 4.79 Å². The van der Waals surface area contributed by atoms with E-state index in [1.165, 1.54) is 16.8 Å². The number of hydrogen-bond donors (Lipinski definition) is 0. The van der Waals surface area contributed by atoms with Crippen molar-refractivity contribution >= 4 is 11.6 Å². The SMILES string of the molecule is CCOCCOc1ccccc1C(=O)N1CCN(c2cccc(C)c2C)CC1. The number of aryl methyl sites for hydroxylation is 1. The van der Waals surface area contributed by atoms with Crippen LogP contribution in [0.4, 0.5) is 5.69 Å². The molecular weight excluding hydrogens is 352 g/mol. The summed E-state index contributed by atoms with van der Waals surface area (Å²) >= 11 is 0. The van der Waals surface area contributed by atoms with Gasteiger partial charge >= 0.3 is 0 Å². The fourth-order valence-corrected chi connectivity index (χ4v) is 3.52. The van der Waals surface area contributed by atoms with Crippen molar-refractivity contribution in [3.05, 3.63) is 59.2 Å². The van der Waals surface area contributed by atoms with Gasteiger partial charge in [0.05, 0.1) is 12.2 Å². The third-order valence-corrected chi connectivity index (χ3v) is 5.29. The minimum atomic E-state index is 0.0348. The first kappa shape index (κ1) is 20.2. The molecule has 1 aliphatic rings. The Balaban J connectivity index is 1.63. The predicted molar refractivity (Wildman–Crippen MR) is 112 cm³/mol. The Morgan fingerprint density at radius 1 is 0.964 bits per heavy atom. The van der Waals surface area contributed by atoms with E-state index in [1.54, 1.807) is 0 Å². The molecule has 0 atom stereocenters. The number of amides is 1. The summed E-state index contributed by atoms with van der Waals surface area (Å²) in [4.78, 5) is 17.4. The maximum atomic E-state index is 13.1. The number of rotatable bonds is 7. The first-order valence-electron chi connectivity index (χ1n) is 10.0. The molecule has 2 aromatic carbocycles. The van der Waals surface area contributed by atoms with Crippen LogP contribution in [-0.4, -0.2) is 56.8 Å². The largest absolute Gasteiger partial charge is 0.490 e. The van der Waals surface area contributed by atoms with Crippen molar-refractivity contribution in [1.82, 2.24) is 4.90 Å². The van der Waals surface area contributed by atoms with E-state index in [1.807, 2.05) is 36.1 Å². The number of anilines is 1. The Morgan fingerprint density at radius 3 is 2.46 bits per heavy atom. The van der Waals surface area contributed by atoms with Crippen molar-refractivity contribution in [2.75, 3.05) is 50.9 Å². The van der Waals surface area contributed by atoms with Crippen LogP contribution in [0.5, 0.6) is 5.75 Å². The number of piperazine rings is 1. The van der Waals surface area contributed by atoms with Crippen molar-refractivity contribution in [3.8, 4) is 5.75 Å². The molecule has 0 N–H and O–H groups in total. The highest BCUT2D eigenvalue weighted by atomic mass is 16.5. The molecule has 0 saturated carbocycles. The number of carbonyl (C=O) groups is 1. The second-order valence-electron chi connectivity index (χ2n) is 7.04. The van der Waals surface area contributed by atoms with E-state index in [-0.39, 0.29) is 5.91 Å². The fraction of sp³-hybridized carbons (Fsp3) is 0.435. The van der Waals surface area contributed by atoms with Gasteiger partial charge in [-0.05, 0) is 50.1 Å². The lowest BCUT2D eigenvalue weighted by atomic mass is 10.1. The molecular formula is C23H30N2O3. The summed E-state index contributed by atoms with van der Waals surface area (Å²) in [7, 11) is 0. The average molecular weight is 383 g/mol. The van der Waals surface area contributed by atoms with Crippen molar-refractivity contribution in [3.63, 3.8) is 0 Å². The van der Waals surface area contributed by atoms with Gasteiger partial charge in [0.15, 0.2) is 0 Å². The molecule has 0 aliphatic carbocycles. The van der Waals surface area contributed by atoms with Crippen LogP contribution in [-0.2, 0) is 4.74 Å². The minimum absolute atomic E-state index is 0.0348. The lowest BCUT2D eigenvalue weighted by Crippen LogP contribution is -2.49. The van der Waals surface area contributed by atoms with Gasteiger partial charge in [-0.2, -0.15) is 0 Å². The summed E-state index contributed by atoms with van der Waals surface area (Å²) in [6, 6.07) is 13.9. The number of ether oxygens (including phenoxy) is 2. The van der Waals surface area contributed by atoms with E-state index in [9.17, 15) is 4.79 Å². The zero-order chi connectivity index (χ0) is 19.9. The summed E-state index contributed by atoms with van der Waals surface area (Å²) in [5.41, 5.74) is 4.51. The molecule has 1 saturated heterocycles. The van der Waals surface area contributed by atoms with Crippen molar-refractivity contribution < 1.29 is 14.3 Å². The summed E-state index contributed by atoms with van der Waals surface area (Å²) in [6.07, 6.45) is 0. The molecule has 1 heterocycles. The predicted octanol–water partition coefficient (Wildman–Crippen LogP) is 3.68. The lowest BCUT2D eigenvalue weighted by molar-refractivity contribution is 0.0736. The van der Waals surface area contributed by atoms with Crippen LogP contribution in [0.15, 0.2) is 42.5 Å². The Morgan fingerprint density at radius 2 is 1.71 bits per heavy atom. The quantitative estimate of drug-likeness (QED) is 0.685. The van der Waals surface area contributed by atoms with Gasteiger partial charge in [0.25, 0.3) is 5.91 Å². The third kappa shape index (κ3) is 4.65. The third-order valence-electron chi connectivity index (χ3n) is 5.29. The number of hydrogen-bond acceptors (Lipinski definition) is 4. The van der Waals surface area contributed by atoms with Crippen LogP contribution in [0.3, 0.4) is 0 Å². The topological polar surface area (TPSA) is 42.0 Å². The monoisotopic (exact) mass is 382 g/mol. The van der Waals surface area contributed by atoms with Crippen LogP contribution >= 0.6 is 0 Å². The lowest BCUT2D eigenvalue weighted by Gasteiger charge is -2.37. The van der Waals surface area contributed by atoms with Gasteiger partial charge < -0.3 is 19.3 Å².